The lowest BCUT2D eigenvalue weighted by Crippen LogP contribution is -2.38. The number of hydrogen-bond acceptors (Lipinski definition) is 5. The molecule has 2 rings (SSSR count). The van der Waals surface area contributed by atoms with E-state index in [4.69, 9.17) is 0 Å². The summed E-state index contributed by atoms with van der Waals surface area (Å²) in [5, 5.41) is 22.5. The van der Waals surface area contributed by atoms with Gasteiger partial charge in [-0.2, -0.15) is 0 Å². The third-order valence-corrected chi connectivity index (χ3v) is 3.70. The van der Waals surface area contributed by atoms with Crippen molar-refractivity contribution in [3.63, 3.8) is 0 Å². The zero-order valence-corrected chi connectivity index (χ0v) is 11.5. The summed E-state index contributed by atoms with van der Waals surface area (Å²) in [6, 6.07) is 2.89. The molecule has 108 valence electrons. The van der Waals surface area contributed by atoms with Crippen molar-refractivity contribution in [2.45, 2.75) is 39.2 Å². The van der Waals surface area contributed by atoms with E-state index in [-0.39, 0.29) is 23.1 Å². The van der Waals surface area contributed by atoms with Gasteiger partial charge in [-0.15, -0.1) is 0 Å². The predicted octanol–water partition coefficient (Wildman–Crippen LogP) is 3.19. The molecular weight excluding hydrogens is 262 g/mol. The van der Waals surface area contributed by atoms with Crippen LogP contribution in [0.3, 0.4) is 0 Å². The quantitative estimate of drug-likeness (QED) is 0.626. The number of nitro groups is 2. The van der Waals surface area contributed by atoms with Crippen molar-refractivity contribution >= 4 is 17.1 Å². The number of aryl methyl sites for hydroxylation is 1. The number of benzene rings is 1. The first-order chi connectivity index (χ1) is 9.41. The Labute approximate surface area is 116 Å². The molecule has 20 heavy (non-hydrogen) atoms. The Morgan fingerprint density at radius 2 is 1.70 bits per heavy atom. The molecule has 7 nitrogen and oxygen atoms in total. The second-order valence-corrected chi connectivity index (χ2v) is 5.20. The van der Waals surface area contributed by atoms with Gasteiger partial charge >= 0.3 is 0 Å². The Hall–Kier alpha value is -2.18. The molecule has 0 bridgehead atoms. The highest BCUT2D eigenvalue weighted by Gasteiger charge is 2.33. The van der Waals surface area contributed by atoms with Crippen molar-refractivity contribution in [1.82, 2.24) is 0 Å². The predicted molar refractivity (Wildman–Crippen MR) is 75.1 cm³/mol. The fourth-order valence-electron chi connectivity index (χ4n) is 2.74. The minimum absolute atomic E-state index is 0.0730. The normalized spacial score (nSPS) is 18.9. The maximum atomic E-state index is 11.3. The summed E-state index contributed by atoms with van der Waals surface area (Å²) in [4.78, 5) is 23.3. The van der Waals surface area contributed by atoms with Crippen LogP contribution >= 0.6 is 0 Å². The van der Waals surface area contributed by atoms with E-state index in [9.17, 15) is 20.2 Å². The Kier molecular flexibility index (Phi) is 3.87. The first-order valence-electron chi connectivity index (χ1n) is 6.62. The lowest BCUT2D eigenvalue weighted by molar-refractivity contribution is -0.392. The number of anilines is 1. The van der Waals surface area contributed by atoms with Crippen LogP contribution in [0.15, 0.2) is 12.1 Å². The van der Waals surface area contributed by atoms with Crippen LogP contribution in [0.4, 0.5) is 17.1 Å². The summed E-state index contributed by atoms with van der Waals surface area (Å²) in [5.41, 5.74) is 0.325. The van der Waals surface area contributed by atoms with Crippen LogP contribution in [-0.4, -0.2) is 22.4 Å². The van der Waals surface area contributed by atoms with E-state index in [0.717, 1.165) is 19.3 Å². The standard InChI is InChI=1S/C13H17N3O4/c1-9-7-11(15(17)18)13(12(8-9)16(19)20)14-6-4-3-5-10(14)2/h7-8,10H,3-6H2,1-2H3/t10-/m0/s1. The SMILES string of the molecule is Cc1cc([N+](=O)[O-])c(N2CCCC[C@@H]2C)c([N+](=O)[O-])c1. The maximum absolute atomic E-state index is 11.3. The molecule has 0 N–H and O–H groups in total. The number of piperidine rings is 1. The molecule has 0 radical (unpaired) electrons. The summed E-state index contributed by atoms with van der Waals surface area (Å²) in [6.45, 7) is 4.20. The Balaban J connectivity index is 2.63. The number of nitrogens with zero attached hydrogens (tertiary/aromatic N) is 3. The first-order valence-corrected chi connectivity index (χ1v) is 6.62. The largest absolute Gasteiger partial charge is 0.358 e. The lowest BCUT2D eigenvalue weighted by atomic mass is 10.0. The summed E-state index contributed by atoms with van der Waals surface area (Å²) < 4.78 is 0. The molecule has 1 aliphatic rings. The van der Waals surface area contributed by atoms with Crippen LogP contribution < -0.4 is 4.90 Å². The van der Waals surface area contributed by atoms with Crippen LogP contribution in [0.25, 0.3) is 0 Å². The van der Waals surface area contributed by atoms with Crippen molar-refractivity contribution < 1.29 is 9.85 Å². The first kappa shape index (κ1) is 14.2. The van der Waals surface area contributed by atoms with Crippen LogP contribution in [-0.2, 0) is 0 Å². The van der Waals surface area contributed by atoms with Crippen molar-refractivity contribution in [2.24, 2.45) is 0 Å². The second-order valence-electron chi connectivity index (χ2n) is 5.20. The van der Waals surface area contributed by atoms with Crippen LogP contribution in [0.5, 0.6) is 0 Å². The van der Waals surface area contributed by atoms with Gasteiger partial charge in [0.05, 0.1) is 9.85 Å². The molecule has 1 aromatic rings. The molecule has 0 aliphatic carbocycles. The molecule has 1 aromatic carbocycles. The van der Waals surface area contributed by atoms with E-state index in [2.05, 4.69) is 0 Å². The molecule has 1 aliphatic heterocycles. The molecule has 7 heteroatoms. The van der Waals surface area contributed by atoms with Gasteiger partial charge in [0.25, 0.3) is 11.4 Å². The van der Waals surface area contributed by atoms with Crippen LogP contribution in [0, 0.1) is 27.2 Å². The van der Waals surface area contributed by atoms with Crippen LogP contribution in [0.2, 0.25) is 0 Å². The Bertz CT molecular complexity index is 524. The second kappa shape index (κ2) is 5.44. The molecular formula is C13H17N3O4. The minimum Gasteiger partial charge on any atom is -0.358 e. The van der Waals surface area contributed by atoms with E-state index in [1.165, 1.54) is 12.1 Å². The fraction of sp³-hybridized carbons (Fsp3) is 0.538. The van der Waals surface area contributed by atoms with E-state index in [1.54, 1.807) is 11.8 Å². The molecule has 0 spiro atoms. The summed E-state index contributed by atoms with van der Waals surface area (Å²) in [7, 11) is 0. The average molecular weight is 279 g/mol. The van der Waals surface area contributed by atoms with Gasteiger partial charge in [0.2, 0.25) is 0 Å². The van der Waals surface area contributed by atoms with E-state index in [0.29, 0.717) is 12.1 Å². The Morgan fingerprint density at radius 3 is 2.15 bits per heavy atom. The molecule has 1 atom stereocenters. The van der Waals surface area contributed by atoms with Crippen molar-refractivity contribution in [1.29, 1.82) is 0 Å². The van der Waals surface area contributed by atoms with E-state index >= 15 is 0 Å². The topological polar surface area (TPSA) is 89.5 Å². The maximum Gasteiger partial charge on any atom is 0.299 e. The Morgan fingerprint density at radius 1 is 1.15 bits per heavy atom. The highest BCUT2D eigenvalue weighted by Crippen LogP contribution is 2.41. The average Bonchev–Trinajstić information content (AvgIpc) is 2.38. The minimum atomic E-state index is -0.531. The summed E-state index contributed by atoms with van der Waals surface area (Å²) in [5.74, 6) is 0. The highest BCUT2D eigenvalue weighted by molar-refractivity contribution is 5.76. The summed E-state index contributed by atoms with van der Waals surface area (Å²) in [6.07, 6.45) is 2.83. The summed E-state index contributed by atoms with van der Waals surface area (Å²) >= 11 is 0. The third kappa shape index (κ3) is 2.56. The van der Waals surface area contributed by atoms with E-state index in [1.807, 2.05) is 6.92 Å². The van der Waals surface area contributed by atoms with Crippen molar-refractivity contribution in [3.05, 3.63) is 37.9 Å². The molecule has 0 saturated carbocycles. The molecule has 1 saturated heterocycles. The highest BCUT2D eigenvalue weighted by atomic mass is 16.6. The van der Waals surface area contributed by atoms with Gasteiger partial charge in [-0.1, -0.05) is 0 Å². The zero-order chi connectivity index (χ0) is 14.9. The van der Waals surface area contributed by atoms with Gasteiger partial charge in [-0.3, -0.25) is 20.2 Å². The van der Waals surface area contributed by atoms with Gasteiger partial charge in [-0.25, -0.2) is 0 Å². The van der Waals surface area contributed by atoms with Gasteiger partial charge in [0, 0.05) is 24.7 Å². The molecule has 0 aromatic heterocycles. The lowest BCUT2D eigenvalue weighted by Gasteiger charge is -2.34. The molecule has 1 heterocycles. The smallest absolute Gasteiger partial charge is 0.299 e. The van der Waals surface area contributed by atoms with Crippen molar-refractivity contribution in [3.8, 4) is 0 Å². The fourth-order valence-corrected chi connectivity index (χ4v) is 2.74. The molecule has 0 unspecified atom stereocenters. The van der Waals surface area contributed by atoms with Gasteiger partial charge in [0.15, 0.2) is 5.69 Å². The van der Waals surface area contributed by atoms with Gasteiger partial charge in [0.1, 0.15) is 0 Å². The van der Waals surface area contributed by atoms with Crippen molar-refractivity contribution in [2.75, 3.05) is 11.4 Å². The third-order valence-electron chi connectivity index (χ3n) is 3.70. The molecule has 0 amide bonds. The zero-order valence-electron chi connectivity index (χ0n) is 11.5. The van der Waals surface area contributed by atoms with Gasteiger partial charge < -0.3 is 4.90 Å². The van der Waals surface area contributed by atoms with Crippen LogP contribution in [0.1, 0.15) is 31.7 Å². The number of nitro benzene ring substituents is 2. The monoisotopic (exact) mass is 279 g/mol. The van der Waals surface area contributed by atoms with E-state index < -0.39 is 9.85 Å². The van der Waals surface area contributed by atoms with Gasteiger partial charge in [-0.05, 0) is 38.7 Å². The number of rotatable bonds is 3. The molecule has 1 fully saturated rings. The number of hydrogen-bond donors (Lipinski definition) is 0.